The Bertz CT molecular complexity index is 505. The highest BCUT2D eigenvalue weighted by Crippen LogP contribution is 2.31. The van der Waals surface area contributed by atoms with E-state index in [9.17, 15) is 9.18 Å². The van der Waals surface area contributed by atoms with Crippen molar-refractivity contribution in [3.8, 4) is 0 Å². The molecule has 1 aliphatic heterocycles. The lowest BCUT2D eigenvalue weighted by Crippen LogP contribution is -2.38. The fourth-order valence-electron chi connectivity index (χ4n) is 2.72. The first-order valence-corrected chi connectivity index (χ1v) is 7.51. The summed E-state index contributed by atoms with van der Waals surface area (Å²) in [4.78, 5) is 14.6. The van der Waals surface area contributed by atoms with Crippen LogP contribution in [0, 0.1) is 17.2 Å². The topological polar surface area (TPSA) is 32.3 Å². The van der Waals surface area contributed by atoms with Crippen LogP contribution in [0.25, 0.3) is 0 Å². The van der Waals surface area contributed by atoms with E-state index in [1.807, 2.05) is 18.7 Å². The highest BCUT2D eigenvalue weighted by molar-refractivity contribution is 5.85. The average molecular weight is 292 g/mol. The molecule has 1 aromatic carbocycles. The molecule has 4 heteroatoms. The summed E-state index contributed by atoms with van der Waals surface area (Å²) in [6.07, 6.45) is -0.176. The number of hydrogen-bond donors (Lipinski definition) is 1. The molecule has 0 aliphatic carbocycles. The van der Waals surface area contributed by atoms with Crippen LogP contribution in [0.5, 0.6) is 0 Å². The van der Waals surface area contributed by atoms with E-state index in [1.165, 1.54) is 12.1 Å². The van der Waals surface area contributed by atoms with Crippen molar-refractivity contribution in [2.24, 2.45) is 11.3 Å². The molecule has 1 heterocycles. The third-order valence-corrected chi connectivity index (χ3v) is 3.70. The van der Waals surface area contributed by atoms with Gasteiger partial charge in [-0.3, -0.25) is 10.1 Å². The first-order valence-electron chi connectivity index (χ1n) is 7.51. The Kier molecular flexibility index (Phi) is 4.38. The summed E-state index contributed by atoms with van der Waals surface area (Å²) in [6, 6.07) is 6.21. The van der Waals surface area contributed by atoms with Gasteiger partial charge in [0.1, 0.15) is 12.0 Å². The molecule has 0 aromatic heterocycles. The van der Waals surface area contributed by atoms with Gasteiger partial charge in [-0.05, 0) is 29.0 Å². The highest BCUT2D eigenvalue weighted by atomic mass is 19.1. The Morgan fingerprint density at radius 2 is 1.81 bits per heavy atom. The van der Waals surface area contributed by atoms with Crippen LogP contribution in [-0.2, 0) is 4.79 Å². The van der Waals surface area contributed by atoms with Crippen LogP contribution in [0.4, 0.5) is 4.39 Å². The molecule has 0 spiro atoms. The Morgan fingerprint density at radius 3 is 2.29 bits per heavy atom. The lowest BCUT2D eigenvalue weighted by atomic mass is 9.95. The molecule has 1 fully saturated rings. The Hall–Kier alpha value is -1.42. The van der Waals surface area contributed by atoms with E-state index in [1.54, 1.807) is 12.1 Å². The molecule has 2 atom stereocenters. The number of benzene rings is 1. The zero-order valence-electron chi connectivity index (χ0n) is 13.5. The number of halogens is 1. The lowest BCUT2D eigenvalue weighted by Gasteiger charge is -2.31. The smallest absolute Gasteiger partial charge is 0.241 e. The van der Waals surface area contributed by atoms with Gasteiger partial charge in [-0.25, -0.2) is 4.39 Å². The normalized spacial score (nSPS) is 23.2. The molecule has 0 saturated carbocycles. The highest BCUT2D eigenvalue weighted by Gasteiger charge is 2.42. The third kappa shape index (κ3) is 3.62. The second-order valence-corrected chi connectivity index (χ2v) is 7.37. The predicted molar refractivity (Wildman–Crippen MR) is 82.1 cm³/mol. The number of nitrogens with zero attached hydrogens (tertiary/aromatic N) is 1. The summed E-state index contributed by atoms with van der Waals surface area (Å²) >= 11 is 0. The maximum absolute atomic E-state index is 13.1. The fraction of sp³-hybridized carbons (Fsp3) is 0.588. The van der Waals surface area contributed by atoms with Gasteiger partial charge in [-0.1, -0.05) is 46.8 Å². The second kappa shape index (κ2) is 5.76. The van der Waals surface area contributed by atoms with Crippen LogP contribution < -0.4 is 5.32 Å². The van der Waals surface area contributed by atoms with E-state index in [-0.39, 0.29) is 35.3 Å². The van der Waals surface area contributed by atoms with Gasteiger partial charge >= 0.3 is 0 Å². The fourth-order valence-corrected chi connectivity index (χ4v) is 2.72. The first kappa shape index (κ1) is 16.0. The van der Waals surface area contributed by atoms with E-state index < -0.39 is 0 Å². The number of amides is 1. The van der Waals surface area contributed by atoms with Crippen molar-refractivity contribution >= 4 is 5.91 Å². The number of hydrogen-bond acceptors (Lipinski definition) is 2. The SMILES string of the molecule is CC(C)C1NC(c2ccc(F)cc2)N(CC(C)(C)C)C1=O. The van der Waals surface area contributed by atoms with Gasteiger partial charge in [0.25, 0.3) is 0 Å². The molecule has 2 unspecified atom stereocenters. The summed E-state index contributed by atoms with van der Waals surface area (Å²) < 4.78 is 13.1. The second-order valence-electron chi connectivity index (χ2n) is 7.37. The van der Waals surface area contributed by atoms with Crippen molar-refractivity contribution in [2.75, 3.05) is 6.54 Å². The van der Waals surface area contributed by atoms with Crippen LogP contribution in [0.15, 0.2) is 24.3 Å². The minimum atomic E-state index is -0.258. The maximum Gasteiger partial charge on any atom is 0.241 e. The van der Waals surface area contributed by atoms with E-state index in [0.29, 0.717) is 6.54 Å². The molecule has 21 heavy (non-hydrogen) atoms. The van der Waals surface area contributed by atoms with Crippen molar-refractivity contribution in [1.82, 2.24) is 10.2 Å². The minimum absolute atomic E-state index is 0.0154. The van der Waals surface area contributed by atoms with Crippen molar-refractivity contribution in [3.63, 3.8) is 0 Å². The zero-order chi connectivity index (χ0) is 15.8. The summed E-state index contributed by atoms with van der Waals surface area (Å²) in [5, 5.41) is 3.40. The summed E-state index contributed by atoms with van der Waals surface area (Å²) in [7, 11) is 0. The van der Waals surface area contributed by atoms with Gasteiger partial charge in [-0.2, -0.15) is 0 Å². The largest absolute Gasteiger partial charge is 0.321 e. The molecular weight excluding hydrogens is 267 g/mol. The molecular formula is C17H25FN2O. The average Bonchev–Trinajstić information content (AvgIpc) is 2.67. The Labute approximate surface area is 126 Å². The Morgan fingerprint density at radius 1 is 1.24 bits per heavy atom. The zero-order valence-corrected chi connectivity index (χ0v) is 13.5. The van der Waals surface area contributed by atoms with Crippen LogP contribution in [0.1, 0.15) is 46.3 Å². The molecule has 0 radical (unpaired) electrons. The number of rotatable bonds is 3. The molecule has 116 valence electrons. The molecule has 1 amide bonds. The van der Waals surface area contributed by atoms with Crippen molar-refractivity contribution < 1.29 is 9.18 Å². The van der Waals surface area contributed by atoms with Crippen LogP contribution in [0.3, 0.4) is 0 Å². The van der Waals surface area contributed by atoms with E-state index in [2.05, 4.69) is 26.1 Å². The van der Waals surface area contributed by atoms with E-state index >= 15 is 0 Å². The summed E-state index contributed by atoms with van der Waals surface area (Å²) in [5.41, 5.74) is 0.943. The number of carbonyl (C=O) groups excluding carboxylic acids is 1. The van der Waals surface area contributed by atoms with Crippen LogP contribution in [0.2, 0.25) is 0 Å². The van der Waals surface area contributed by atoms with Crippen LogP contribution >= 0.6 is 0 Å². The maximum atomic E-state index is 13.1. The van der Waals surface area contributed by atoms with Gasteiger partial charge in [0.2, 0.25) is 5.91 Å². The van der Waals surface area contributed by atoms with E-state index in [0.717, 1.165) is 5.56 Å². The first-order chi connectivity index (χ1) is 9.69. The quantitative estimate of drug-likeness (QED) is 0.927. The summed E-state index contributed by atoms with van der Waals surface area (Å²) in [6.45, 7) is 11.1. The van der Waals surface area contributed by atoms with Gasteiger partial charge in [0.05, 0.1) is 6.04 Å². The Balaban J connectivity index is 2.31. The van der Waals surface area contributed by atoms with Gasteiger partial charge in [0, 0.05) is 6.54 Å². The predicted octanol–water partition coefficient (Wildman–Crippen LogP) is 3.33. The van der Waals surface area contributed by atoms with Gasteiger partial charge in [0.15, 0.2) is 0 Å². The monoisotopic (exact) mass is 292 g/mol. The summed E-state index contributed by atoms with van der Waals surface area (Å²) in [5.74, 6) is 0.102. The van der Waals surface area contributed by atoms with Gasteiger partial charge in [-0.15, -0.1) is 0 Å². The molecule has 3 nitrogen and oxygen atoms in total. The number of nitrogens with one attached hydrogen (secondary N) is 1. The minimum Gasteiger partial charge on any atom is -0.321 e. The van der Waals surface area contributed by atoms with Crippen LogP contribution in [-0.4, -0.2) is 23.4 Å². The van der Waals surface area contributed by atoms with Crippen molar-refractivity contribution in [3.05, 3.63) is 35.6 Å². The molecule has 1 aromatic rings. The van der Waals surface area contributed by atoms with Gasteiger partial charge < -0.3 is 4.90 Å². The van der Waals surface area contributed by atoms with Crippen molar-refractivity contribution in [1.29, 1.82) is 0 Å². The number of carbonyl (C=O) groups is 1. The molecule has 0 bridgehead atoms. The standard InChI is InChI=1S/C17H25FN2O/c1-11(2)14-16(21)20(10-17(3,4)5)15(19-14)12-6-8-13(18)9-7-12/h6-9,11,14-15,19H,10H2,1-5H3. The van der Waals surface area contributed by atoms with E-state index in [4.69, 9.17) is 0 Å². The molecule has 1 N–H and O–H groups in total. The molecule has 1 aliphatic rings. The molecule has 2 rings (SSSR count). The molecule has 1 saturated heterocycles. The lowest BCUT2D eigenvalue weighted by molar-refractivity contribution is -0.132. The third-order valence-electron chi connectivity index (χ3n) is 3.70. The van der Waals surface area contributed by atoms with Crippen molar-refractivity contribution in [2.45, 2.75) is 46.8 Å².